The van der Waals surface area contributed by atoms with Gasteiger partial charge < -0.3 is 44.3 Å². The lowest BCUT2D eigenvalue weighted by molar-refractivity contribution is -0.001000. The number of halogens is 2. The van der Waals surface area contributed by atoms with E-state index in [9.17, 15) is 0 Å². The minimum Gasteiger partial charge on any atom is -1.00 e. The summed E-state index contributed by atoms with van der Waals surface area (Å²) in [5.41, 5.74) is 2.28. The summed E-state index contributed by atoms with van der Waals surface area (Å²) < 4.78 is 17.4. The van der Waals surface area contributed by atoms with Crippen molar-refractivity contribution in [1.82, 2.24) is 10.2 Å². The number of para-hydroxylation sites is 1. The quantitative estimate of drug-likeness (QED) is 0.379. The van der Waals surface area contributed by atoms with Crippen LogP contribution in [0.15, 0.2) is 48.5 Å². The van der Waals surface area contributed by atoms with E-state index < -0.39 is 0 Å². The van der Waals surface area contributed by atoms with Gasteiger partial charge >= 0.3 is 0 Å². The van der Waals surface area contributed by atoms with Crippen molar-refractivity contribution < 1.29 is 39.0 Å². The first-order chi connectivity index (χ1) is 13.9. The van der Waals surface area contributed by atoms with Crippen LogP contribution in [0, 0.1) is 0 Å². The highest BCUT2D eigenvalue weighted by molar-refractivity contribution is 5.46. The Morgan fingerprint density at radius 3 is 2.47 bits per heavy atom. The fourth-order valence-corrected chi connectivity index (χ4v) is 3.34. The normalized spacial score (nSPS) is 13.8. The van der Waals surface area contributed by atoms with E-state index in [2.05, 4.69) is 28.4 Å². The zero-order chi connectivity index (χ0) is 19.4. The van der Waals surface area contributed by atoms with Crippen molar-refractivity contribution in [2.24, 2.45) is 0 Å². The standard InChI is InChI=1S/C23H32N2O3.2ClH/c1-2-27-22-11-6-10-21(23(22)28-19-20-8-4-3-5-9-20)18-24-12-7-13-25-14-16-26-17-15-25;;/h3-6,8-11,24H,2,7,12-19H2,1H3;2*1H/p-2. The molecule has 2 aromatic rings. The number of nitrogens with zero attached hydrogens (tertiary/aromatic N) is 1. The third-order valence-corrected chi connectivity index (χ3v) is 4.83. The molecule has 0 aliphatic carbocycles. The molecule has 3 rings (SSSR count). The summed E-state index contributed by atoms with van der Waals surface area (Å²) in [6.45, 7) is 9.85. The Labute approximate surface area is 192 Å². The zero-order valence-corrected chi connectivity index (χ0v) is 19.1. The van der Waals surface area contributed by atoms with Crippen molar-refractivity contribution in [3.05, 3.63) is 59.7 Å². The van der Waals surface area contributed by atoms with Crippen LogP contribution in [0.25, 0.3) is 0 Å². The number of rotatable bonds is 11. The topological polar surface area (TPSA) is 43.0 Å². The average Bonchev–Trinajstić information content (AvgIpc) is 2.74. The molecule has 0 saturated carbocycles. The molecule has 168 valence electrons. The maximum atomic E-state index is 6.17. The van der Waals surface area contributed by atoms with E-state index in [1.54, 1.807) is 0 Å². The Balaban J connectivity index is 0.00000225. The van der Waals surface area contributed by atoms with E-state index in [1.807, 2.05) is 37.3 Å². The molecule has 5 nitrogen and oxygen atoms in total. The van der Waals surface area contributed by atoms with Crippen LogP contribution >= 0.6 is 0 Å². The molecule has 1 N–H and O–H groups in total. The Kier molecular flexibility index (Phi) is 13.6. The van der Waals surface area contributed by atoms with Crippen LogP contribution < -0.4 is 39.6 Å². The van der Waals surface area contributed by atoms with E-state index >= 15 is 0 Å². The van der Waals surface area contributed by atoms with Gasteiger partial charge in [-0.3, -0.25) is 4.90 Å². The molecule has 1 heterocycles. The first-order valence-corrected chi connectivity index (χ1v) is 10.3. The zero-order valence-electron chi connectivity index (χ0n) is 17.6. The second-order valence-corrected chi connectivity index (χ2v) is 6.94. The minimum absolute atomic E-state index is 0. The van der Waals surface area contributed by atoms with Gasteiger partial charge in [-0.05, 0) is 38.1 Å². The summed E-state index contributed by atoms with van der Waals surface area (Å²) in [4.78, 5) is 2.47. The number of morpholine rings is 1. The fourth-order valence-electron chi connectivity index (χ4n) is 3.34. The Hall–Kier alpha value is -1.50. The Morgan fingerprint density at radius 1 is 0.967 bits per heavy atom. The molecule has 0 radical (unpaired) electrons. The molecule has 30 heavy (non-hydrogen) atoms. The van der Waals surface area contributed by atoms with Gasteiger partial charge in [0.15, 0.2) is 11.5 Å². The summed E-state index contributed by atoms with van der Waals surface area (Å²) in [6.07, 6.45) is 1.13. The Morgan fingerprint density at radius 2 is 1.73 bits per heavy atom. The molecule has 0 atom stereocenters. The summed E-state index contributed by atoms with van der Waals surface area (Å²) in [5, 5.41) is 3.56. The predicted molar refractivity (Wildman–Crippen MR) is 112 cm³/mol. The van der Waals surface area contributed by atoms with Crippen LogP contribution in [-0.2, 0) is 17.9 Å². The van der Waals surface area contributed by atoms with Crippen molar-refractivity contribution in [3.63, 3.8) is 0 Å². The molecule has 2 aromatic carbocycles. The molecule has 0 spiro atoms. The highest BCUT2D eigenvalue weighted by Crippen LogP contribution is 2.32. The van der Waals surface area contributed by atoms with E-state index in [0.29, 0.717) is 13.2 Å². The Bertz CT molecular complexity index is 698. The summed E-state index contributed by atoms with van der Waals surface area (Å²) in [7, 11) is 0. The predicted octanol–water partition coefficient (Wildman–Crippen LogP) is -2.52. The SMILES string of the molecule is CCOc1cccc(CNCCCN2CCOCC2)c1OCc1ccccc1.[Cl-].[Cl-]. The van der Waals surface area contributed by atoms with Crippen LogP contribution in [0.5, 0.6) is 11.5 Å². The maximum absolute atomic E-state index is 6.17. The van der Waals surface area contributed by atoms with E-state index in [4.69, 9.17) is 14.2 Å². The smallest absolute Gasteiger partial charge is 0.166 e. The van der Waals surface area contributed by atoms with Crippen LogP contribution in [0.3, 0.4) is 0 Å². The van der Waals surface area contributed by atoms with Gasteiger partial charge in [-0.25, -0.2) is 0 Å². The van der Waals surface area contributed by atoms with Crippen LogP contribution in [0.2, 0.25) is 0 Å². The van der Waals surface area contributed by atoms with Crippen molar-refractivity contribution in [2.45, 2.75) is 26.5 Å². The van der Waals surface area contributed by atoms with Gasteiger partial charge in [-0.1, -0.05) is 42.5 Å². The molecule has 0 amide bonds. The van der Waals surface area contributed by atoms with Crippen molar-refractivity contribution in [3.8, 4) is 11.5 Å². The van der Waals surface area contributed by atoms with Gasteiger partial charge in [0.25, 0.3) is 0 Å². The van der Waals surface area contributed by atoms with E-state index in [-0.39, 0.29) is 24.8 Å². The highest BCUT2D eigenvalue weighted by atomic mass is 35.5. The van der Waals surface area contributed by atoms with Gasteiger partial charge in [0.1, 0.15) is 6.61 Å². The molecule has 0 bridgehead atoms. The minimum atomic E-state index is 0. The van der Waals surface area contributed by atoms with Crippen LogP contribution in [-0.4, -0.2) is 50.9 Å². The van der Waals surface area contributed by atoms with Crippen molar-refractivity contribution >= 4 is 0 Å². The second-order valence-electron chi connectivity index (χ2n) is 6.94. The third kappa shape index (κ3) is 8.70. The number of benzene rings is 2. The van der Waals surface area contributed by atoms with Gasteiger partial charge in [0.2, 0.25) is 0 Å². The number of hydrogen-bond donors (Lipinski definition) is 1. The van der Waals surface area contributed by atoms with Gasteiger partial charge in [0, 0.05) is 25.2 Å². The third-order valence-electron chi connectivity index (χ3n) is 4.83. The maximum Gasteiger partial charge on any atom is 0.166 e. The summed E-state index contributed by atoms with van der Waals surface area (Å²) in [5.74, 6) is 1.65. The fraction of sp³-hybridized carbons (Fsp3) is 0.478. The van der Waals surface area contributed by atoms with Crippen LogP contribution in [0.1, 0.15) is 24.5 Å². The molecular weight excluding hydrogens is 423 g/mol. The number of nitrogens with one attached hydrogen (secondary N) is 1. The lowest BCUT2D eigenvalue weighted by Crippen LogP contribution is -3.00. The molecule has 1 aliphatic rings. The molecular formula is C23H32Cl2N2O3-2. The molecule has 1 fully saturated rings. The highest BCUT2D eigenvalue weighted by Gasteiger charge is 2.12. The van der Waals surface area contributed by atoms with Gasteiger partial charge in [-0.2, -0.15) is 0 Å². The molecule has 0 aromatic heterocycles. The first-order valence-electron chi connectivity index (χ1n) is 10.3. The lowest BCUT2D eigenvalue weighted by atomic mass is 10.1. The van der Waals surface area contributed by atoms with Gasteiger partial charge in [0.05, 0.1) is 19.8 Å². The molecule has 7 heteroatoms. The summed E-state index contributed by atoms with van der Waals surface area (Å²) >= 11 is 0. The number of hydrogen-bond acceptors (Lipinski definition) is 5. The average molecular weight is 455 g/mol. The lowest BCUT2D eigenvalue weighted by Gasteiger charge is -2.26. The monoisotopic (exact) mass is 454 g/mol. The second kappa shape index (κ2) is 15.3. The molecule has 1 saturated heterocycles. The van der Waals surface area contributed by atoms with Gasteiger partial charge in [-0.15, -0.1) is 0 Å². The molecule has 0 unspecified atom stereocenters. The summed E-state index contributed by atoms with van der Waals surface area (Å²) in [6, 6.07) is 16.4. The van der Waals surface area contributed by atoms with Crippen LogP contribution in [0.4, 0.5) is 0 Å². The first kappa shape index (κ1) is 26.5. The van der Waals surface area contributed by atoms with Crippen molar-refractivity contribution in [2.75, 3.05) is 46.0 Å². The van der Waals surface area contributed by atoms with Crippen molar-refractivity contribution in [1.29, 1.82) is 0 Å². The van der Waals surface area contributed by atoms with E-state index in [0.717, 1.165) is 75.0 Å². The largest absolute Gasteiger partial charge is 1.00 e. The molecule has 1 aliphatic heterocycles. The van der Waals surface area contributed by atoms with E-state index in [1.165, 1.54) is 0 Å². The number of ether oxygens (including phenoxy) is 3.